The van der Waals surface area contributed by atoms with E-state index in [1.54, 1.807) is 30.3 Å². The van der Waals surface area contributed by atoms with Gasteiger partial charge in [-0.15, -0.1) is 0 Å². The lowest BCUT2D eigenvalue weighted by Crippen LogP contribution is -2.37. The summed E-state index contributed by atoms with van der Waals surface area (Å²) >= 11 is 2.92. The molecule has 0 aliphatic carbocycles. The number of hydrogen-bond donors (Lipinski definition) is 1. The van der Waals surface area contributed by atoms with Crippen molar-refractivity contribution in [2.45, 2.75) is 23.8 Å². The molecule has 0 amide bonds. The van der Waals surface area contributed by atoms with Gasteiger partial charge in [-0.05, 0) is 12.0 Å². The van der Waals surface area contributed by atoms with E-state index >= 15 is 0 Å². The Balaban J connectivity index is 2.81. The van der Waals surface area contributed by atoms with Gasteiger partial charge in [0.05, 0.1) is 11.2 Å². The number of alkyl halides is 4. The van der Waals surface area contributed by atoms with Crippen molar-refractivity contribution in [1.82, 2.24) is 0 Å². The fourth-order valence-corrected chi connectivity index (χ4v) is 2.39. The largest absolute Gasteiger partial charge is 0.481 e. The monoisotopic (exact) mass is 352 g/mol. The van der Waals surface area contributed by atoms with Crippen molar-refractivity contribution in [1.29, 1.82) is 0 Å². The number of hydrogen-bond acceptors (Lipinski definition) is 2. The maximum absolute atomic E-state index is 12.7. The Morgan fingerprint density at radius 2 is 1.75 bits per heavy atom. The third kappa shape index (κ3) is 4.96. The van der Waals surface area contributed by atoms with Gasteiger partial charge in [-0.25, -0.2) is 0 Å². The summed E-state index contributed by atoms with van der Waals surface area (Å²) in [5, 5.41) is 8.50. The topological polar surface area (TPSA) is 54.4 Å². The molecule has 0 spiro atoms. The van der Waals surface area contributed by atoms with E-state index in [1.165, 1.54) is 0 Å². The Bertz CT molecular complexity index is 473. The summed E-state index contributed by atoms with van der Waals surface area (Å²) in [5.41, 5.74) is 0.693. The molecular formula is C13H12BrF3O3. The standard InChI is InChI=1S/C13H12BrF3O3/c14-10(6-8-4-2-1-3-5-8)12(20)9(7-11(18)19)13(15,16)17/h1-5,9-10H,6-7H2,(H,18,19). The summed E-state index contributed by atoms with van der Waals surface area (Å²) in [6.07, 6.45) is -6.04. The second-order valence-corrected chi connectivity index (χ2v) is 5.36. The maximum Gasteiger partial charge on any atom is 0.399 e. The SMILES string of the molecule is O=C(O)CC(C(=O)C(Br)Cc1ccccc1)C(F)(F)F. The molecule has 0 bridgehead atoms. The number of aliphatic carboxylic acids is 1. The molecule has 3 nitrogen and oxygen atoms in total. The van der Waals surface area contributed by atoms with Crippen molar-refractivity contribution in [2.24, 2.45) is 5.92 Å². The van der Waals surface area contributed by atoms with Crippen molar-refractivity contribution >= 4 is 27.7 Å². The number of Topliss-reactive ketones (excluding diaryl/α,β-unsaturated/α-hetero) is 1. The van der Waals surface area contributed by atoms with Gasteiger partial charge >= 0.3 is 12.1 Å². The summed E-state index contributed by atoms with van der Waals surface area (Å²) in [4.78, 5) is 21.2. The van der Waals surface area contributed by atoms with Crippen molar-refractivity contribution in [3.05, 3.63) is 35.9 Å². The molecule has 0 aliphatic heterocycles. The van der Waals surface area contributed by atoms with Crippen LogP contribution in [0.3, 0.4) is 0 Å². The highest BCUT2D eigenvalue weighted by molar-refractivity contribution is 9.10. The number of halogens is 4. The first kappa shape index (κ1) is 16.7. The highest BCUT2D eigenvalue weighted by atomic mass is 79.9. The normalized spacial score (nSPS) is 14.6. The minimum absolute atomic E-state index is 0.0753. The van der Waals surface area contributed by atoms with E-state index in [2.05, 4.69) is 15.9 Å². The van der Waals surface area contributed by atoms with Crippen LogP contribution in [0.1, 0.15) is 12.0 Å². The molecule has 20 heavy (non-hydrogen) atoms. The van der Waals surface area contributed by atoms with E-state index in [1.807, 2.05) is 0 Å². The summed E-state index contributed by atoms with van der Waals surface area (Å²) in [6.45, 7) is 0. The molecule has 0 fully saturated rings. The molecule has 0 aliphatic rings. The van der Waals surface area contributed by atoms with Crippen LogP contribution >= 0.6 is 15.9 Å². The van der Waals surface area contributed by atoms with Gasteiger partial charge in [-0.2, -0.15) is 13.2 Å². The zero-order chi connectivity index (χ0) is 15.3. The molecule has 1 aromatic rings. The average molecular weight is 353 g/mol. The van der Waals surface area contributed by atoms with E-state index in [-0.39, 0.29) is 6.42 Å². The Labute approximate surface area is 121 Å². The van der Waals surface area contributed by atoms with Crippen molar-refractivity contribution in [2.75, 3.05) is 0 Å². The molecule has 0 radical (unpaired) electrons. The lowest BCUT2D eigenvalue weighted by Gasteiger charge is -2.20. The lowest BCUT2D eigenvalue weighted by molar-refractivity contribution is -0.187. The summed E-state index contributed by atoms with van der Waals surface area (Å²) in [5.74, 6) is -5.31. The second-order valence-electron chi connectivity index (χ2n) is 4.25. The Kier molecular flexibility index (Phi) is 5.74. The summed E-state index contributed by atoms with van der Waals surface area (Å²) in [7, 11) is 0. The first-order chi connectivity index (χ1) is 9.21. The zero-order valence-electron chi connectivity index (χ0n) is 10.2. The van der Waals surface area contributed by atoms with Crippen LogP contribution in [0.2, 0.25) is 0 Å². The molecular weight excluding hydrogens is 341 g/mol. The molecule has 0 saturated carbocycles. The third-order valence-electron chi connectivity index (χ3n) is 2.68. The fourth-order valence-electron chi connectivity index (χ4n) is 1.69. The molecule has 0 saturated heterocycles. The van der Waals surface area contributed by atoms with Crippen molar-refractivity contribution < 1.29 is 27.9 Å². The van der Waals surface area contributed by atoms with Gasteiger partial charge in [0.25, 0.3) is 0 Å². The van der Waals surface area contributed by atoms with Crippen molar-refractivity contribution in [3.8, 4) is 0 Å². The number of carboxylic acids is 1. The van der Waals surface area contributed by atoms with Gasteiger partial charge < -0.3 is 5.11 Å². The highest BCUT2D eigenvalue weighted by Gasteiger charge is 2.47. The fraction of sp³-hybridized carbons (Fsp3) is 0.385. The van der Waals surface area contributed by atoms with Gasteiger partial charge in [0.1, 0.15) is 5.92 Å². The zero-order valence-corrected chi connectivity index (χ0v) is 11.8. The number of carboxylic acid groups (broad SMARTS) is 1. The number of carbonyl (C=O) groups excluding carboxylic acids is 1. The van der Waals surface area contributed by atoms with E-state index in [0.29, 0.717) is 5.56 Å². The average Bonchev–Trinajstić information content (AvgIpc) is 2.34. The molecule has 2 unspecified atom stereocenters. The van der Waals surface area contributed by atoms with Crippen LogP contribution in [0.15, 0.2) is 30.3 Å². The summed E-state index contributed by atoms with van der Waals surface area (Å²) in [6, 6.07) is 8.52. The molecule has 1 aromatic carbocycles. The molecule has 110 valence electrons. The van der Waals surface area contributed by atoms with Crippen LogP contribution < -0.4 is 0 Å². The smallest absolute Gasteiger partial charge is 0.399 e. The van der Waals surface area contributed by atoms with Gasteiger partial charge in [0.15, 0.2) is 5.78 Å². The van der Waals surface area contributed by atoms with Gasteiger partial charge in [0.2, 0.25) is 0 Å². The van der Waals surface area contributed by atoms with E-state index in [4.69, 9.17) is 5.11 Å². The molecule has 2 atom stereocenters. The van der Waals surface area contributed by atoms with Crippen LogP contribution in [-0.4, -0.2) is 27.9 Å². The minimum atomic E-state index is -4.86. The van der Waals surface area contributed by atoms with E-state index in [0.717, 1.165) is 0 Å². The predicted octanol–water partition coefficient (Wildman–Crippen LogP) is 3.21. The molecule has 1 N–H and O–H groups in total. The molecule has 7 heteroatoms. The first-order valence-electron chi connectivity index (χ1n) is 5.72. The van der Waals surface area contributed by atoms with Crippen LogP contribution in [0.4, 0.5) is 13.2 Å². The molecule has 1 rings (SSSR count). The number of carbonyl (C=O) groups is 2. The summed E-state index contributed by atoms with van der Waals surface area (Å²) < 4.78 is 38.2. The minimum Gasteiger partial charge on any atom is -0.481 e. The highest BCUT2D eigenvalue weighted by Crippen LogP contribution is 2.32. The number of ketones is 1. The second kappa shape index (κ2) is 6.88. The molecule has 0 heterocycles. The van der Waals surface area contributed by atoms with Crippen LogP contribution in [-0.2, 0) is 16.0 Å². The Morgan fingerprint density at radius 1 is 1.20 bits per heavy atom. The van der Waals surface area contributed by atoms with Crippen LogP contribution in [0, 0.1) is 5.92 Å². The van der Waals surface area contributed by atoms with Gasteiger partial charge in [-0.3, -0.25) is 9.59 Å². The van der Waals surface area contributed by atoms with Crippen LogP contribution in [0.5, 0.6) is 0 Å². The number of rotatable bonds is 6. The molecule has 0 aromatic heterocycles. The Morgan fingerprint density at radius 3 is 2.20 bits per heavy atom. The van der Waals surface area contributed by atoms with E-state index < -0.39 is 35.1 Å². The number of benzene rings is 1. The van der Waals surface area contributed by atoms with Crippen molar-refractivity contribution in [3.63, 3.8) is 0 Å². The van der Waals surface area contributed by atoms with E-state index in [9.17, 15) is 22.8 Å². The maximum atomic E-state index is 12.7. The quantitative estimate of drug-likeness (QED) is 0.799. The first-order valence-corrected chi connectivity index (χ1v) is 6.63. The predicted molar refractivity (Wildman–Crippen MR) is 69.7 cm³/mol. The lowest BCUT2D eigenvalue weighted by atomic mass is 9.94. The van der Waals surface area contributed by atoms with Crippen LogP contribution in [0.25, 0.3) is 0 Å². The van der Waals surface area contributed by atoms with Gasteiger partial charge in [0, 0.05) is 0 Å². The Hall–Kier alpha value is -1.37. The third-order valence-corrected chi connectivity index (χ3v) is 3.46. The van der Waals surface area contributed by atoms with Gasteiger partial charge in [-0.1, -0.05) is 46.3 Å².